The monoisotopic (exact) mass is 303 g/mol. The van der Waals surface area contributed by atoms with Gasteiger partial charge in [0, 0.05) is 18.2 Å². The van der Waals surface area contributed by atoms with Crippen molar-refractivity contribution in [2.45, 2.75) is 13.5 Å². The first-order chi connectivity index (χ1) is 10.6. The number of methoxy groups -OCH3 is 1. The molecule has 2 rings (SSSR count). The van der Waals surface area contributed by atoms with Crippen molar-refractivity contribution in [3.05, 3.63) is 59.4 Å². The maximum Gasteiger partial charge on any atom is 0.258 e. The van der Waals surface area contributed by atoms with Gasteiger partial charge in [0.15, 0.2) is 6.61 Å². The molecule has 116 valence electrons. The third-order valence-corrected chi connectivity index (χ3v) is 3.08. The fraction of sp³-hybridized carbons (Fsp3) is 0.235. The molecule has 0 aliphatic rings. The van der Waals surface area contributed by atoms with Crippen LogP contribution in [0.15, 0.2) is 42.5 Å². The lowest BCUT2D eigenvalue weighted by Crippen LogP contribution is -2.28. The minimum absolute atomic E-state index is 0.169. The zero-order chi connectivity index (χ0) is 15.9. The van der Waals surface area contributed by atoms with Crippen LogP contribution >= 0.6 is 0 Å². The summed E-state index contributed by atoms with van der Waals surface area (Å²) in [7, 11) is 1.59. The van der Waals surface area contributed by atoms with E-state index in [2.05, 4.69) is 5.32 Å². The van der Waals surface area contributed by atoms with E-state index in [9.17, 15) is 9.18 Å². The minimum Gasteiger partial charge on any atom is -0.496 e. The molecule has 4 nitrogen and oxygen atoms in total. The number of hydrogen-bond donors (Lipinski definition) is 1. The maximum atomic E-state index is 13.0. The van der Waals surface area contributed by atoms with E-state index in [0.717, 1.165) is 16.9 Å². The summed E-state index contributed by atoms with van der Waals surface area (Å²) in [5, 5.41) is 2.75. The lowest BCUT2D eigenvalue weighted by Gasteiger charge is -2.11. The Morgan fingerprint density at radius 2 is 2.05 bits per heavy atom. The Morgan fingerprint density at radius 1 is 1.23 bits per heavy atom. The highest BCUT2D eigenvalue weighted by Gasteiger charge is 2.07. The summed E-state index contributed by atoms with van der Waals surface area (Å²) in [4.78, 5) is 11.8. The van der Waals surface area contributed by atoms with Crippen molar-refractivity contribution < 1.29 is 18.7 Å². The lowest BCUT2D eigenvalue weighted by atomic mass is 10.1. The van der Waals surface area contributed by atoms with Gasteiger partial charge in [-0.05, 0) is 25.1 Å². The van der Waals surface area contributed by atoms with Gasteiger partial charge in [0.2, 0.25) is 0 Å². The number of amides is 1. The Balaban J connectivity index is 1.86. The van der Waals surface area contributed by atoms with Crippen LogP contribution in [0.1, 0.15) is 11.1 Å². The summed E-state index contributed by atoms with van der Waals surface area (Å²) in [5.74, 6) is 0.357. The number of aryl methyl sites for hydroxylation is 1. The van der Waals surface area contributed by atoms with E-state index in [-0.39, 0.29) is 12.5 Å². The Labute approximate surface area is 128 Å². The van der Waals surface area contributed by atoms with E-state index in [1.165, 1.54) is 18.2 Å². The second kappa shape index (κ2) is 7.45. The molecule has 5 heteroatoms. The molecule has 0 fully saturated rings. The van der Waals surface area contributed by atoms with Crippen LogP contribution in [0.4, 0.5) is 4.39 Å². The number of hydrogen-bond acceptors (Lipinski definition) is 3. The number of rotatable bonds is 6. The van der Waals surface area contributed by atoms with E-state index in [4.69, 9.17) is 9.47 Å². The quantitative estimate of drug-likeness (QED) is 0.892. The van der Waals surface area contributed by atoms with Crippen LogP contribution < -0.4 is 14.8 Å². The van der Waals surface area contributed by atoms with E-state index in [0.29, 0.717) is 12.3 Å². The van der Waals surface area contributed by atoms with Crippen molar-refractivity contribution in [2.75, 3.05) is 13.7 Å². The van der Waals surface area contributed by atoms with E-state index in [1.54, 1.807) is 13.2 Å². The van der Waals surface area contributed by atoms with Crippen molar-refractivity contribution in [3.8, 4) is 11.5 Å². The molecule has 0 saturated carbocycles. The molecular weight excluding hydrogens is 285 g/mol. The normalized spacial score (nSPS) is 10.1. The predicted molar refractivity (Wildman–Crippen MR) is 81.5 cm³/mol. The van der Waals surface area contributed by atoms with Gasteiger partial charge >= 0.3 is 0 Å². The van der Waals surface area contributed by atoms with Gasteiger partial charge in [-0.15, -0.1) is 0 Å². The zero-order valence-electron chi connectivity index (χ0n) is 12.6. The topological polar surface area (TPSA) is 47.6 Å². The van der Waals surface area contributed by atoms with Crippen molar-refractivity contribution in [1.29, 1.82) is 0 Å². The first-order valence-corrected chi connectivity index (χ1v) is 6.87. The lowest BCUT2D eigenvalue weighted by molar-refractivity contribution is -0.123. The van der Waals surface area contributed by atoms with Gasteiger partial charge < -0.3 is 14.8 Å². The number of carbonyl (C=O) groups is 1. The zero-order valence-corrected chi connectivity index (χ0v) is 12.6. The van der Waals surface area contributed by atoms with E-state index in [1.807, 2.05) is 25.1 Å². The van der Waals surface area contributed by atoms with E-state index >= 15 is 0 Å². The summed E-state index contributed by atoms with van der Waals surface area (Å²) in [6.45, 7) is 2.14. The van der Waals surface area contributed by atoms with Crippen LogP contribution in [-0.2, 0) is 11.3 Å². The molecule has 22 heavy (non-hydrogen) atoms. The molecule has 0 radical (unpaired) electrons. The molecule has 0 atom stereocenters. The second-order valence-corrected chi connectivity index (χ2v) is 4.84. The molecule has 0 aromatic heterocycles. The van der Waals surface area contributed by atoms with Crippen molar-refractivity contribution in [2.24, 2.45) is 0 Å². The molecule has 0 saturated heterocycles. The highest BCUT2D eigenvalue weighted by atomic mass is 19.1. The third-order valence-electron chi connectivity index (χ3n) is 3.08. The standard InChI is InChI=1S/C17H18FNO3/c1-12-6-7-16(21-2)13(8-12)10-19-17(20)11-22-15-5-3-4-14(18)9-15/h3-9H,10-11H2,1-2H3,(H,19,20). The molecule has 0 heterocycles. The van der Waals surface area contributed by atoms with Crippen molar-refractivity contribution >= 4 is 5.91 Å². The van der Waals surface area contributed by atoms with Crippen molar-refractivity contribution in [3.63, 3.8) is 0 Å². The van der Waals surface area contributed by atoms with E-state index < -0.39 is 5.82 Å². The Hall–Kier alpha value is -2.56. The van der Waals surface area contributed by atoms with Crippen LogP contribution in [0.2, 0.25) is 0 Å². The molecule has 0 spiro atoms. The molecule has 1 amide bonds. The summed E-state index contributed by atoms with van der Waals surface area (Å²) < 4.78 is 23.5. The van der Waals surface area contributed by atoms with Crippen LogP contribution in [0, 0.1) is 12.7 Å². The second-order valence-electron chi connectivity index (χ2n) is 4.84. The molecule has 2 aromatic rings. The van der Waals surface area contributed by atoms with Crippen LogP contribution in [0.25, 0.3) is 0 Å². The smallest absolute Gasteiger partial charge is 0.258 e. The maximum absolute atomic E-state index is 13.0. The fourth-order valence-electron chi connectivity index (χ4n) is 2.00. The largest absolute Gasteiger partial charge is 0.496 e. The van der Waals surface area contributed by atoms with Gasteiger partial charge in [0.25, 0.3) is 5.91 Å². The summed E-state index contributed by atoms with van der Waals surface area (Å²) in [6.07, 6.45) is 0. The molecule has 0 aliphatic carbocycles. The summed E-state index contributed by atoms with van der Waals surface area (Å²) in [6, 6.07) is 11.4. The molecule has 0 bridgehead atoms. The van der Waals surface area contributed by atoms with Gasteiger partial charge in [0.05, 0.1) is 7.11 Å². The predicted octanol–water partition coefficient (Wildman–Crippen LogP) is 2.84. The molecule has 0 unspecified atom stereocenters. The van der Waals surface area contributed by atoms with Crippen LogP contribution in [0.3, 0.4) is 0 Å². The Kier molecular flexibility index (Phi) is 5.36. The number of nitrogens with one attached hydrogen (secondary N) is 1. The Morgan fingerprint density at radius 3 is 2.77 bits per heavy atom. The Bertz CT molecular complexity index is 658. The first kappa shape index (κ1) is 15.8. The first-order valence-electron chi connectivity index (χ1n) is 6.87. The molecule has 1 N–H and O–H groups in total. The molecule has 0 aliphatic heterocycles. The van der Waals surface area contributed by atoms with Gasteiger partial charge in [0.1, 0.15) is 17.3 Å². The fourth-order valence-corrected chi connectivity index (χ4v) is 2.00. The number of benzene rings is 2. The summed E-state index contributed by atoms with van der Waals surface area (Å²) in [5.41, 5.74) is 1.97. The van der Waals surface area contributed by atoms with Crippen LogP contribution in [-0.4, -0.2) is 19.6 Å². The van der Waals surface area contributed by atoms with Gasteiger partial charge in [-0.3, -0.25) is 4.79 Å². The number of halogens is 1. The van der Waals surface area contributed by atoms with Gasteiger partial charge in [-0.1, -0.05) is 23.8 Å². The molecular formula is C17H18FNO3. The average molecular weight is 303 g/mol. The number of ether oxygens (including phenoxy) is 2. The highest BCUT2D eigenvalue weighted by Crippen LogP contribution is 2.19. The third kappa shape index (κ3) is 4.48. The SMILES string of the molecule is COc1ccc(C)cc1CNC(=O)COc1cccc(F)c1. The number of carbonyl (C=O) groups excluding carboxylic acids is 1. The highest BCUT2D eigenvalue weighted by molar-refractivity contribution is 5.77. The van der Waals surface area contributed by atoms with Crippen molar-refractivity contribution in [1.82, 2.24) is 5.32 Å². The van der Waals surface area contributed by atoms with Gasteiger partial charge in [-0.2, -0.15) is 0 Å². The molecule has 2 aromatic carbocycles. The minimum atomic E-state index is -0.401. The van der Waals surface area contributed by atoms with Crippen LogP contribution in [0.5, 0.6) is 11.5 Å². The summed E-state index contributed by atoms with van der Waals surface area (Å²) >= 11 is 0. The van der Waals surface area contributed by atoms with Gasteiger partial charge in [-0.25, -0.2) is 4.39 Å². The average Bonchev–Trinajstić information content (AvgIpc) is 2.51.